The summed E-state index contributed by atoms with van der Waals surface area (Å²) in [7, 11) is 0. The van der Waals surface area contributed by atoms with Gasteiger partial charge in [0, 0.05) is 19.3 Å². The molecule has 0 saturated heterocycles. The van der Waals surface area contributed by atoms with Crippen molar-refractivity contribution in [1.82, 2.24) is 9.97 Å². The summed E-state index contributed by atoms with van der Waals surface area (Å²) in [5, 5.41) is 1.84. The highest BCUT2D eigenvalue weighted by Crippen LogP contribution is 2.25. The van der Waals surface area contributed by atoms with Crippen LogP contribution in [-0.4, -0.2) is 9.97 Å². The van der Waals surface area contributed by atoms with Crippen LogP contribution in [-0.2, 0) is 0 Å². The zero-order valence-electron chi connectivity index (χ0n) is 7.85. The van der Waals surface area contributed by atoms with E-state index in [1.54, 1.807) is 18.5 Å². The van der Waals surface area contributed by atoms with Crippen molar-refractivity contribution in [3.8, 4) is 10.7 Å². The first kappa shape index (κ1) is 9.98. The summed E-state index contributed by atoms with van der Waals surface area (Å²) in [5.74, 6) is 0.208. The van der Waals surface area contributed by atoms with Crippen LogP contribution in [0.15, 0.2) is 35.7 Å². The lowest BCUT2D eigenvalue weighted by molar-refractivity contribution is 0.673. The van der Waals surface area contributed by atoms with Gasteiger partial charge in [0.25, 0.3) is 0 Å². The van der Waals surface area contributed by atoms with Crippen LogP contribution >= 0.6 is 11.3 Å². The molecule has 0 spiro atoms. The Kier molecular flexibility index (Phi) is 2.87. The van der Waals surface area contributed by atoms with E-state index in [-0.39, 0.29) is 0 Å². The lowest BCUT2D eigenvalue weighted by Gasteiger charge is -1.91. The van der Waals surface area contributed by atoms with Crippen LogP contribution in [0, 0.1) is 6.92 Å². The third-order valence-corrected chi connectivity index (χ3v) is 2.67. The van der Waals surface area contributed by atoms with Crippen LogP contribution < -0.4 is 0 Å². The first-order valence-electron chi connectivity index (χ1n) is 4.31. The van der Waals surface area contributed by atoms with E-state index >= 15 is 0 Å². The van der Waals surface area contributed by atoms with E-state index in [0.29, 0.717) is 5.82 Å². The van der Waals surface area contributed by atoms with Gasteiger partial charge in [0.1, 0.15) is 5.83 Å². The average Bonchev–Trinajstić information content (AvgIpc) is 2.67. The predicted molar refractivity (Wildman–Crippen MR) is 59.8 cm³/mol. The quantitative estimate of drug-likeness (QED) is 0.774. The van der Waals surface area contributed by atoms with Crippen LogP contribution in [0.2, 0.25) is 0 Å². The predicted octanol–water partition coefficient (Wildman–Crippen LogP) is 3.35. The minimum Gasteiger partial charge on any atom is -0.236 e. The normalized spacial score (nSPS) is 11.7. The van der Waals surface area contributed by atoms with Gasteiger partial charge in [0.2, 0.25) is 0 Å². The highest BCUT2D eigenvalue weighted by Gasteiger charge is 2.03. The molecule has 2 heterocycles. The highest BCUT2D eigenvalue weighted by atomic mass is 32.1. The molecular weight excluding hydrogens is 211 g/mol. The van der Waals surface area contributed by atoms with Gasteiger partial charge in [-0.2, -0.15) is 0 Å². The Balaban J connectivity index is 2.32. The van der Waals surface area contributed by atoms with Crippen LogP contribution in [0.4, 0.5) is 4.39 Å². The van der Waals surface area contributed by atoms with E-state index in [0.717, 1.165) is 10.4 Å². The maximum Gasteiger partial charge on any atom is 0.169 e. The molecule has 0 atom stereocenters. The summed E-state index contributed by atoms with van der Waals surface area (Å²) in [6.45, 7) is 3.18. The topological polar surface area (TPSA) is 25.8 Å². The van der Waals surface area contributed by atoms with Crippen LogP contribution in [0.3, 0.4) is 0 Å². The molecule has 15 heavy (non-hydrogen) atoms. The largest absolute Gasteiger partial charge is 0.236 e. The molecule has 2 rings (SSSR count). The Bertz CT molecular complexity index is 472. The first-order valence-corrected chi connectivity index (χ1v) is 5.19. The molecule has 75 valence electrons. The summed E-state index contributed by atoms with van der Waals surface area (Å²) in [5.41, 5.74) is 0.787. The molecule has 0 fully saturated rings. The number of hydrogen-bond donors (Lipinski definition) is 0. The molecule has 0 unspecified atom stereocenters. The Morgan fingerprint density at radius 1 is 1.40 bits per heavy atom. The van der Waals surface area contributed by atoms with Crippen molar-refractivity contribution >= 4 is 17.4 Å². The van der Waals surface area contributed by atoms with Crippen LogP contribution in [0.25, 0.3) is 16.8 Å². The summed E-state index contributed by atoms with van der Waals surface area (Å²) < 4.78 is 12.5. The Labute approximate surface area is 91.1 Å². The Morgan fingerprint density at radius 3 is 2.80 bits per heavy atom. The van der Waals surface area contributed by atoms with Gasteiger partial charge in [-0.25, -0.2) is 14.4 Å². The molecule has 0 amide bonds. The van der Waals surface area contributed by atoms with Crippen molar-refractivity contribution in [2.75, 3.05) is 0 Å². The molecule has 0 aliphatic carbocycles. The zero-order chi connectivity index (χ0) is 10.7. The summed E-state index contributed by atoms with van der Waals surface area (Å²) in [4.78, 5) is 9.14. The molecule has 1 radical (unpaired) electrons. The number of hydrogen-bond acceptors (Lipinski definition) is 3. The molecule has 0 aromatic carbocycles. The second kappa shape index (κ2) is 4.31. The lowest BCUT2D eigenvalue weighted by atomic mass is 10.3. The number of halogens is 1. The number of rotatable bonds is 2. The number of nitrogens with zero attached hydrogens (tertiary/aromatic N) is 2. The van der Waals surface area contributed by atoms with Crippen molar-refractivity contribution in [2.24, 2.45) is 0 Å². The fourth-order valence-corrected chi connectivity index (χ4v) is 1.97. The van der Waals surface area contributed by atoms with Gasteiger partial charge in [-0.3, -0.25) is 0 Å². The van der Waals surface area contributed by atoms with Gasteiger partial charge < -0.3 is 0 Å². The van der Waals surface area contributed by atoms with E-state index in [9.17, 15) is 4.39 Å². The van der Waals surface area contributed by atoms with Crippen molar-refractivity contribution in [2.45, 2.75) is 0 Å². The molecule has 4 heteroatoms. The van der Waals surface area contributed by atoms with Gasteiger partial charge in [0.05, 0.1) is 4.88 Å². The third-order valence-electron chi connectivity index (χ3n) is 1.73. The van der Waals surface area contributed by atoms with Gasteiger partial charge >= 0.3 is 0 Å². The highest BCUT2D eigenvalue weighted by molar-refractivity contribution is 7.13. The number of allylic oxidation sites excluding steroid dienone is 1. The number of thiophene rings is 1. The molecule has 0 aliphatic heterocycles. The van der Waals surface area contributed by atoms with Crippen LogP contribution in [0.1, 0.15) is 5.56 Å². The summed E-state index contributed by atoms with van der Waals surface area (Å²) >= 11 is 1.48. The zero-order valence-corrected chi connectivity index (χ0v) is 8.67. The minimum absolute atomic E-state index is 0.451. The van der Waals surface area contributed by atoms with E-state index in [2.05, 4.69) is 16.9 Å². The van der Waals surface area contributed by atoms with Crippen molar-refractivity contribution in [3.05, 3.63) is 48.2 Å². The molecular formula is C11H8FN2S. The maximum atomic E-state index is 12.5. The van der Waals surface area contributed by atoms with Gasteiger partial charge in [-0.1, -0.05) is 0 Å². The second-order valence-corrected chi connectivity index (χ2v) is 3.82. The molecule has 0 aliphatic rings. The third kappa shape index (κ3) is 2.47. The van der Waals surface area contributed by atoms with Crippen LogP contribution in [0.5, 0.6) is 0 Å². The number of aromatic nitrogens is 2. The molecule has 2 aromatic heterocycles. The SMILES string of the molecule is [CH2]/C(F)=C/c1csc(-c2ncccn2)c1. The van der Waals surface area contributed by atoms with E-state index in [4.69, 9.17) is 0 Å². The Morgan fingerprint density at radius 2 is 2.13 bits per heavy atom. The molecule has 2 nitrogen and oxygen atoms in total. The Hall–Kier alpha value is -1.55. The maximum absolute atomic E-state index is 12.5. The van der Waals surface area contributed by atoms with Crippen molar-refractivity contribution in [3.63, 3.8) is 0 Å². The van der Waals surface area contributed by atoms with E-state index in [1.165, 1.54) is 17.4 Å². The molecule has 0 N–H and O–H groups in total. The molecule has 2 aromatic rings. The van der Waals surface area contributed by atoms with Crippen molar-refractivity contribution in [1.29, 1.82) is 0 Å². The average molecular weight is 219 g/mol. The second-order valence-electron chi connectivity index (χ2n) is 2.91. The first-order chi connectivity index (χ1) is 7.25. The van der Waals surface area contributed by atoms with Crippen molar-refractivity contribution < 1.29 is 4.39 Å². The van der Waals surface area contributed by atoms with Gasteiger partial charge in [-0.15, -0.1) is 11.3 Å². The summed E-state index contributed by atoms with van der Waals surface area (Å²) in [6, 6.07) is 3.60. The minimum atomic E-state index is -0.451. The van der Waals surface area contributed by atoms with Gasteiger partial charge in [-0.05, 0) is 29.2 Å². The fraction of sp³-hybridized carbons (Fsp3) is 0. The standard InChI is InChI=1S/C11H8FN2S/c1-8(12)5-9-6-10(15-7-9)11-13-3-2-4-14-11/h2-7H,1H2/b8-5-. The van der Waals surface area contributed by atoms with Gasteiger partial charge in [0.15, 0.2) is 5.82 Å². The monoisotopic (exact) mass is 219 g/mol. The summed E-state index contributed by atoms with van der Waals surface area (Å²) in [6.07, 6.45) is 4.74. The lowest BCUT2D eigenvalue weighted by Crippen LogP contribution is -1.82. The van der Waals surface area contributed by atoms with E-state index < -0.39 is 5.83 Å². The fourth-order valence-electron chi connectivity index (χ4n) is 1.15. The molecule has 0 bridgehead atoms. The molecule has 0 saturated carbocycles. The van der Waals surface area contributed by atoms with E-state index in [1.807, 2.05) is 11.4 Å². The smallest absolute Gasteiger partial charge is 0.169 e.